The Morgan fingerprint density at radius 3 is 2.33 bits per heavy atom. The molecule has 1 aromatic heterocycles. The van der Waals surface area contributed by atoms with Crippen LogP contribution in [0, 0.1) is 0 Å². The smallest absolute Gasteiger partial charge is 0.330 e. The lowest BCUT2D eigenvalue weighted by atomic mass is 10.1. The maximum Gasteiger partial charge on any atom is 0.330 e. The van der Waals surface area contributed by atoms with E-state index >= 15 is 0 Å². The third-order valence-corrected chi connectivity index (χ3v) is 6.42. The largest absolute Gasteiger partial charge is 0.486 e. The lowest BCUT2D eigenvalue weighted by molar-refractivity contribution is -0.137. The van der Waals surface area contributed by atoms with Crippen molar-refractivity contribution in [3.63, 3.8) is 0 Å². The summed E-state index contributed by atoms with van der Waals surface area (Å²) in [5.74, 6) is -0.0758. The molecule has 0 saturated heterocycles. The third-order valence-electron chi connectivity index (χ3n) is 6.42. The Balaban J connectivity index is 1.18. The van der Waals surface area contributed by atoms with Crippen molar-refractivity contribution in [2.45, 2.75) is 0 Å². The molecule has 2 amide bonds. The Morgan fingerprint density at radius 2 is 1.59 bits per heavy atom. The fraction of sp³-hybridized carbons (Fsp3) is 0.133. The Hall–Kier alpha value is -5.18. The first-order valence-electron chi connectivity index (χ1n) is 12.4. The van der Waals surface area contributed by atoms with Crippen molar-refractivity contribution >= 4 is 23.9 Å². The number of amides is 2. The van der Waals surface area contributed by atoms with Gasteiger partial charge in [-0.05, 0) is 48.5 Å². The number of esters is 1. The van der Waals surface area contributed by atoms with Crippen LogP contribution in [0.1, 0.15) is 26.3 Å². The van der Waals surface area contributed by atoms with Crippen LogP contribution >= 0.6 is 0 Å². The Bertz CT molecular complexity index is 1570. The number of aromatic nitrogens is 2. The molecule has 6 rings (SSSR count). The summed E-state index contributed by atoms with van der Waals surface area (Å²) >= 11 is 0. The topological polar surface area (TPSA) is 100.0 Å². The van der Waals surface area contributed by atoms with Gasteiger partial charge in [0.25, 0.3) is 11.8 Å². The van der Waals surface area contributed by atoms with Crippen LogP contribution in [0.3, 0.4) is 0 Å². The SMILES string of the molecule is O=C(/C=C/c1cn(-c2ccccc2)nc1-c1ccc2c(c1)OCCO2)OCCN1C(=O)c2ccccc2C1=O. The average molecular weight is 522 g/mol. The highest BCUT2D eigenvalue weighted by Gasteiger charge is 2.34. The van der Waals surface area contributed by atoms with Gasteiger partial charge < -0.3 is 14.2 Å². The van der Waals surface area contributed by atoms with Crippen LogP contribution in [0.5, 0.6) is 11.5 Å². The zero-order chi connectivity index (χ0) is 26.8. The van der Waals surface area contributed by atoms with Gasteiger partial charge in [-0.2, -0.15) is 5.10 Å². The third kappa shape index (κ3) is 4.77. The monoisotopic (exact) mass is 521 g/mol. The van der Waals surface area contributed by atoms with E-state index in [1.54, 1.807) is 35.0 Å². The second-order valence-electron chi connectivity index (χ2n) is 8.88. The normalized spacial score (nSPS) is 14.1. The minimum absolute atomic E-state index is 0.0275. The van der Waals surface area contributed by atoms with Crippen LogP contribution in [-0.2, 0) is 9.53 Å². The second-order valence-corrected chi connectivity index (χ2v) is 8.88. The van der Waals surface area contributed by atoms with E-state index in [1.807, 2.05) is 54.7 Å². The fourth-order valence-corrected chi connectivity index (χ4v) is 4.52. The summed E-state index contributed by atoms with van der Waals surface area (Å²) in [5.41, 5.74) is 3.71. The van der Waals surface area contributed by atoms with Crippen molar-refractivity contribution in [1.29, 1.82) is 0 Å². The highest BCUT2D eigenvalue weighted by molar-refractivity contribution is 6.21. The summed E-state index contributed by atoms with van der Waals surface area (Å²) in [6.45, 7) is 0.819. The van der Waals surface area contributed by atoms with E-state index in [-0.39, 0.29) is 25.0 Å². The molecule has 0 bridgehead atoms. The first-order chi connectivity index (χ1) is 19.1. The molecule has 4 aromatic rings. The molecule has 0 spiro atoms. The molecule has 0 radical (unpaired) electrons. The Kier molecular flexibility index (Phi) is 6.38. The van der Waals surface area contributed by atoms with E-state index in [9.17, 15) is 14.4 Å². The van der Waals surface area contributed by atoms with Crippen LogP contribution in [0.25, 0.3) is 23.0 Å². The average Bonchev–Trinajstić information content (AvgIpc) is 3.51. The maximum absolute atomic E-state index is 12.5. The molecule has 3 heterocycles. The van der Waals surface area contributed by atoms with Gasteiger partial charge in [-0.25, -0.2) is 9.48 Å². The van der Waals surface area contributed by atoms with Crippen molar-refractivity contribution in [1.82, 2.24) is 14.7 Å². The molecular weight excluding hydrogens is 498 g/mol. The molecule has 0 saturated carbocycles. The van der Waals surface area contributed by atoms with E-state index in [4.69, 9.17) is 19.3 Å². The van der Waals surface area contributed by atoms with Crippen LogP contribution in [0.15, 0.2) is 85.1 Å². The summed E-state index contributed by atoms with van der Waals surface area (Å²) in [4.78, 5) is 38.6. The number of carbonyl (C=O) groups is 3. The molecule has 0 aliphatic carbocycles. The van der Waals surface area contributed by atoms with Gasteiger partial charge in [-0.15, -0.1) is 0 Å². The van der Waals surface area contributed by atoms with Gasteiger partial charge in [0.05, 0.1) is 23.4 Å². The number of fused-ring (bicyclic) bond motifs is 2. The number of rotatable bonds is 7. The maximum atomic E-state index is 12.5. The van der Waals surface area contributed by atoms with Crippen LogP contribution in [0.2, 0.25) is 0 Å². The minimum Gasteiger partial charge on any atom is -0.486 e. The lowest BCUT2D eigenvalue weighted by Gasteiger charge is -2.18. The predicted octanol–water partition coefficient (Wildman–Crippen LogP) is 4.16. The number of hydrogen-bond donors (Lipinski definition) is 0. The highest BCUT2D eigenvalue weighted by atomic mass is 16.6. The molecule has 194 valence electrons. The molecule has 0 N–H and O–H groups in total. The van der Waals surface area contributed by atoms with E-state index in [0.29, 0.717) is 47.1 Å². The summed E-state index contributed by atoms with van der Waals surface area (Å²) in [5, 5.41) is 4.76. The predicted molar refractivity (Wildman–Crippen MR) is 142 cm³/mol. The molecule has 9 heteroatoms. The van der Waals surface area contributed by atoms with Crippen LogP contribution < -0.4 is 9.47 Å². The second kappa shape index (κ2) is 10.3. The zero-order valence-electron chi connectivity index (χ0n) is 20.8. The first-order valence-corrected chi connectivity index (χ1v) is 12.4. The Labute approximate surface area is 223 Å². The molecular formula is C30H23N3O6. The zero-order valence-corrected chi connectivity index (χ0v) is 20.8. The van der Waals surface area contributed by atoms with E-state index in [2.05, 4.69) is 0 Å². The molecule has 0 fully saturated rings. The minimum atomic E-state index is -0.604. The summed E-state index contributed by atoms with van der Waals surface area (Å²) in [6, 6.07) is 21.9. The quantitative estimate of drug-likeness (QED) is 0.205. The summed E-state index contributed by atoms with van der Waals surface area (Å²) in [6.07, 6.45) is 4.75. The number of hydrogen-bond acceptors (Lipinski definition) is 7. The Morgan fingerprint density at radius 1 is 0.897 bits per heavy atom. The number of imide groups is 1. The first kappa shape index (κ1) is 24.2. The molecule has 2 aliphatic rings. The van der Waals surface area contributed by atoms with Gasteiger partial charge in [0, 0.05) is 23.4 Å². The molecule has 9 nitrogen and oxygen atoms in total. The van der Waals surface area contributed by atoms with Crippen molar-refractivity contribution < 1.29 is 28.6 Å². The van der Waals surface area contributed by atoms with E-state index in [1.165, 1.54) is 6.08 Å². The van der Waals surface area contributed by atoms with Crippen molar-refractivity contribution in [2.75, 3.05) is 26.4 Å². The number of para-hydroxylation sites is 1. The molecule has 0 atom stereocenters. The van der Waals surface area contributed by atoms with Crippen LogP contribution in [-0.4, -0.2) is 58.8 Å². The number of ether oxygens (including phenoxy) is 3. The molecule has 39 heavy (non-hydrogen) atoms. The molecule has 3 aromatic carbocycles. The molecule has 2 aliphatic heterocycles. The molecule has 0 unspecified atom stereocenters. The van der Waals surface area contributed by atoms with Gasteiger partial charge in [0.1, 0.15) is 25.5 Å². The van der Waals surface area contributed by atoms with Gasteiger partial charge in [-0.1, -0.05) is 30.3 Å². The summed E-state index contributed by atoms with van der Waals surface area (Å²) < 4.78 is 18.4. The van der Waals surface area contributed by atoms with Crippen LogP contribution in [0.4, 0.5) is 0 Å². The standard InChI is InChI=1S/C30H23N3O6/c34-27(39-15-14-32-29(35)23-8-4-5-9-24(23)30(32)36)13-11-21-19-33(22-6-2-1-3-7-22)31-28(21)20-10-12-25-26(18-20)38-17-16-37-25/h1-13,18-19H,14-17H2/b13-11+. The summed E-state index contributed by atoms with van der Waals surface area (Å²) in [7, 11) is 0. The highest BCUT2D eigenvalue weighted by Crippen LogP contribution is 2.35. The fourth-order valence-electron chi connectivity index (χ4n) is 4.52. The van der Waals surface area contributed by atoms with Crippen molar-refractivity contribution in [2.24, 2.45) is 0 Å². The van der Waals surface area contributed by atoms with E-state index < -0.39 is 5.97 Å². The number of carbonyl (C=O) groups excluding carboxylic acids is 3. The number of benzene rings is 3. The van der Waals surface area contributed by atoms with Gasteiger partial charge in [-0.3, -0.25) is 14.5 Å². The van der Waals surface area contributed by atoms with Crippen molar-refractivity contribution in [3.8, 4) is 28.4 Å². The van der Waals surface area contributed by atoms with Gasteiger partial charge in [0.2, 0.25) is 0 Å². The van der Waals surface area contributed by atoms with Gasteiger partial charge in [0.15, 0.2) is 11.5 Å². The van der Waals surface area contributed by atoms with Crippen molar-refractivity contribution in [3.05, 3.63) is 102 Å². The van der Waals surface area contributed by atoms with E-state index in [0.717, 1.165) is 16.2 Å². The van der Waals surface area contributed by atoms with Gasteiger partial charge >= 0.3 is 5.97 Å². The number of nitrogens with zero attached hydrogens (tertiary/aromatic N) is 3. The lowest BCUT2D eigenvalue weighted by Crippen LogP contribution is -2.33.